The van der Waals surface area contributed by atoms with Gasteiger partial charge in [-0.1, -0.05) is 19.8 Å². The number of unbranched alkanes of at least 4 members (excludes halogenated alkanes) is 1. The number of hydrogen-bond donors (Lipinski definition) is 2. The Bertz CT molecular complexity index is 141. The predicted molar refractivity (Wildman–Crippen MR) is 54.5 cm³/mol. The molecule has 0 radical (unpaired) electrons. The Kier molecular flexibility index (Phi) is 4.57. The second-order valence-electron chi connectivity index (χ2n) is 2.99. The lowest BCUT2D eigenvalue weighted by atomic mass is 10.0. The highest BCUT2D eigenvalue weighted by Gasteiger charge is 2.22. The maximum Gasteiger partial charge on any atom is 0.109 e. The van der Waals surface area contributed by atoms with Crippen LogP contribution in [0.4, 0.5) is 0 Å². The first-order valence-electron chi connectivity index (χ1n) is 3.99. The van der Waals surface area contributed by atoms with Gasteiger partial charge < -0.3 is 5.73 Å². The normalized spacial score (nSPS) is 18.0. The quantitative estimate of drug-likeness (QED) is 0.381. The van der Waals surface area contributed by atoms with Gasteiger partial charge in [-0.2, -0.15) is 12.6 Å². The van der Waals surface area contributed by atoms with Gasteiger partial charge >= 0.3 is 0 Å². The molecular weight excluding hydrogens is 156 g/mol. The Morgan fingerprint density at radius 2 is 2.18 bits per heavy atom. The number of rotatable bonds is 4. The lowest BCUT2D eigenvalue weighted by Crippen LogP contribution is -2.35. The molecule has 0 bridgehead atoms. The third kappa shape index (κ3) is 3.65. The van der Waals surface area contributed by atoms with Gasteiger partial charge in [0.1, 0.15) is 5.84 Å². The third-order valence-electron chi connectivity index (χ3n) is 1.81. The Morgan fingerprint density at radius 3 is 2.55 bits per heavy atom. The molecule has 1 atom stereocenters. The monoisotopic (exact) mass is 174 g/mol. The van der Waals surface area contributed by atoms with Crippen LogP contribution in [0.15, 0.2) is 4.99 Å². The van der Waals surface area contributed by atoms with E-state index in [-0.39, 0.29) is 4.75 Å². The van der Waals surface area contributed by atoms with E-state index in [1.807, 2.05) is 6.92 Å². The summed E-state index contributed by atoms with van der Waals surface area (Å²) >= 11 is 4.44. The molecule has 2 nitrogen and oxygen atoms in total. The first-order chi connectivity index (χ1) is 5.04. The van der Waals surface area contributed by atoms with Gasteiger partial charge in [-0.3, -0.25) is 4.99 Å². The van der Waals surface area contributed by atoms with Crippen LogP contribution in [-0.4, -0.2) is 17.6 Å². The Balaban J connectivity index is 3.99. The lowest BCUT2D eigenvalue weighted by Gasteiger charge is -2.22. The fraction of sp³-hybridized carbons (Fsp3) is 0.875. The van der Waals surface area contributed by atoms with Crippen LogP contribution < -0.4 is 5.73 Å². The van der Waals surface area contributed by atoms with Crippen molar-refractivity contribution in [1.82, 2.24) is 0 Å². The van der Waals surface area contributed by atoms with Crippen LogP contribution in [0.1, 0.15) is 33.1 Å². The SMILES string of the molecule is CCCC[C@](C)(S)C(N)=NC. The van der Waals surface area contributed by atoms with Gasteiger partial charge in [0.25, 0.3) is 0 Å². The number of amidine groups is 1. The molecule has 11 heavy (non-hydrogen) atoms. The van der Waals surface area contributed by atoms with Crippen LogP contribution >= 0.6 is 12.6 Å². The Labute approximate surface area is 74.7 Å². The fourth-order valence-corrected chi connectivity index (χ4v) is 1.15. The molecule has 0 aromatic rings. The lowest BCUT2D eigenvalue weighted by molar-refractivity contribution is 0.658. The molecule has 0 aromatic heterocycles. The molecule has 0 aliphatic carbocycles. The van der Waals surface area contributed by atoms with Crippen molar-refractivity contribution in [3.05, 3.63) is 0 Å². The first-order valence-corrected chi connectivity index (χ1v) is 4.44. The van der Waals surface area contributed by atoms with Gasteiger partial charge in [-0.15, -0.1) is 0 Å². The smallest absolute Gasteiger partial charge is 0.109 e. The standard InChI is InChI=1S/C8H18N2S/c1-4-5-6-8(2,11)7(9)10-3/h11H,4-6H2,1-3H3,(H2,9,10)/t8-/m0/s1. The summed E-state index contributed by atoms with van der Waals surface area (Å²) in [5.74, 6) is 0.634. The molecule has 2 N–H and O–H groups in total. The number of hydrogen-bond acceptors (Lipinski definition) is 2. The van der Waals surface area contributed by atoms with Crippen LogP contribution in [0.3, 0.4) is 0 Å². The maximum absolute atomic E-state index is 5.67. The van der Waals surface area contributed by atoms with Crippen molar-refractivity contribution < 1.29 is 0 Å². The van der Waals surface area contributed by atoms with E-state index < -0.39 is 0 Å². The van der Waals surface area contributed by atoms with E-state index in [4.69, 9.17) is 5.73 Å². The molecule has 0 aliphatic rings. The van der Waals surface area contributed by atoms with Gasteiger partial charge in [0, 0.05) is 7.05 Å². The molecular formula is C8H18N2S. The van der Waals surface area contributed by atoms with E-state index in [0.29, 0.717) is 5.84 Å². The fourth-order valence-electron chi connectivity index (χ4n) is 0.890. The second kappa shape index (κ2) is 4.65. The molecule has 0 aromatic carbocycles. The minimum atomic E-state index is -0.218. The third-order valence-corrected chi connectivity index (χ3v) is 2.26. The summed E-state index contributed by atoms with van der Waals surface area (Å²) in [6.07, 6.45) is 3.32. The first kappa shape index (κ1) is 10.8. The average Bonchev–Trinajstić information content (AvgIpc) is 1.99. The Morgan fingerprint density at radius 1 is 1.64 bits per heavy atom. The van der Waals surface area contributed by atoms with Crippen LogP contribution in [0.5, 0.6) is 0 Å². The average molecular weight is 174 g/mol. The second-order valence-corrected chi connectivity index (χ2v) is 3.97. The molecule has 3 heteroatoms. The molecule has 0 amide bonds. The summed E-state index contributed by atoms with van der Waals surface area (Å²) in [6.45, 7) is 4.16. The highest BCUT2D eigenvalue weighted by atomic mass is 32.1. The molecule has 0 unspecified atom stereocenters. The minimum absolute atomic E-state index is 0.218. The van der Waals surface area contributed by atoms with Crippen LogP contribution in [0, 0.1) is 0 Å². The van der Waals surface area contributed by atoms with Crippen molar-refractivity contribution >= 4 is 18.5 Å². The van der Waals surface area contributed by atoms with Crippen molar-refractivity contribution in [1.29, 1.82) is 0 Å². The van der Waals surface area contributed by atoms with Crippen molar-refractivity contribution in [3.63, 3.8) is 0 Å². The summed E-state index contributed by atoms with van der Waals surface area (Å²) in [5, 5.41) is 0. The molecule has 0 rings (SSSR count). The zero-order chi connectivity index (χ0) is 8.91. The van der Waals surface area contributed by atoms with E-state index in [9.17, 15) is 0 Å². The van der Waals surface area contributed by atoms with Crippen molar-refractivity contribution in [3.8, 4) is 0 Å². The van der Waals surface area contributed by atoms with Crippen LogP contribution in [0.2, 0.25) is 0 Å². The largest absolute Gasteiger partial charge is 0.386 e. The van der Waals surface area contributed by atoms with Gasteiger partial charge in [-0.05, 0) is 13.3 Å². The summed E-state index contributed by atoms with van der Waals surface area (Å²) in [5.41, 5.74) is 5.67. The topological polar surface area (TPSA) is 38.4 Å². The highest BCUT2D eigenvalue weighted by Crippen LogP contribution is 2.21. The van der Waals surface area contributed by atoms with Crippen molar-refractivity contribution in [2.75, 3.05) is 7.05 Å². The molecule has 0 saturated carbocycles. The van der Waals surface area contributed by atoms with Gasteiger partial charge in [-0.25, -0.2) is 0 Å². The van der Waals surface area contributed by atoms with E-state index in [1.165, 1.54) is 6.42 Å². The zero-order valence-electron chi connectivity index (χ0n) is 7.59. The number of nitrogens with zero attached hydrogens (tertiary/aromatic N) is 1. The van der Waals surface area contributed by atoms with Crippen LogP contribution in [0.25, 0.3) is 0 Å². The number of thiol groups is 1. The molecule has 0 saturated heterocycles. The maximum atomic E-state index is 5.67. The summed E-state index contributed by atoms with van der Waals surface area (Å²) in [6, 6.07) is 0. The predicted octanol–water partition coefficient (Wildman–Crippen LogP) is 1.85. The van der Waals surface area contributed by atoms with Crippen molar-refractivity contribution in [2.24, 2.45) is 10.7 Å². The molecule has 66 valence electrons. The van der Waals surface area contributed by atoms with Gasteiger partial charge in [0.15, 0.2) is 0 Å². The molecule has 0 fully saturated rings. The van der Waals surface area contributed by atoms with Crippen LogP contribution in [-0.2, 0) is 0 Å². The Hall–Kier alpha value is -0.180. The molecule has 0 heterocycles. The summed E-state index contributed by atoms with van der Waals surface area (Å²) in [7, 11) is 1.70. The zero-order valence-corrected chi connectivity index (χ0v) is 8.49. The van der Waals surface area contributed by atoms with Gasteiger partial charge in [0.2, 0.25) is 0 Å². The van der Waals surface area contributed by atoms with Gasteiger partial charge in [0.05, 0.1) is 4.75 Å². The highest BCUT2D eigenvalue weighted by molar-refractivity contribution is 7.82. The van der Waals surface area contributed by atoms with Crippen molar-refractivity contribution in [2.45, 2.75) is 37.9 Å². The number of nitrogens with two attached hydrogens (primary N) is 1. The summed E-state index contributed by atoms with van der Waals surface area (Å²) < 4.78 is -0.218. The number of aliphatic imine (C=N–C) groups is 1. The minimum Gasteiger partial charge on any atom is -0.386 e. The van der Waals surface area contributed by atoms with E-state index >= 15 is 0 Å². The van der Waals surface area contributed by atoms with E-state index in [0.717, 1.165) is 12.8 Å². The van der Waals surface area contributed by atoms with E-state index in [1.54, 1.807) is 7.05 Å². The molecule has 0 spiro atoms. The summed E-state index contributed by atoms with van der Waals surface area (Å²) in [4.78, 5) is 3.93. The molecule has 0 aliphatic heterocycles. The van der Waals surface area contributed by atoms with E-state index in [2.05, 4.69) is 24.5 Å².